The third-order valence-corrected chi connectivity index (χ3v) is 5.47. The summed E-state index contributed by atoms with van der Waals surface area (Å²) in [5, 5.41) is 3.48. The highest BCUT2D eigenvalue weighted by atomic mass is 16.5. The van der Waals surface area contributed by atoms with E-state index in [1.54, 1.807) is 28.4 Å². The highest BCUT2D eigenvalue weighted by molar-refractivity contribution is 5.80. The first-order chi connectivity index (χ1) is 15.1. The molecule has 9 heteroatoms. The predicted octanol–water partition coefficient (Wildman–Crippen LogP) is 0.984. The molecule has 1 aromatic carbocycles. The molecule has 1 heterocycles. The van der Waals surface area contributed by atoms with Gasteiger partial charge in [0.1, 0.15) is 0 Å². The molecule has 0 saturated carbocycles. The zero-order valence-electron chi connectivity index (χ0n) is 19.9. The SMILES string of the molecule is CN=C(NCCN(C)CCOC)N1CCN(Cc2cc(OC)c(OC)c(OC)c2)CC1. The Morgan fingerprint density at radius 3 is 2.16 bits per heavy atom. The summed E-state index contributed by atoms with van der Waals surface area (Å²) in [5.41, 5.74) is 1.14. The lowest BCUT2D eigenvalue weighted by molar-refractivity contribution is 0.161. The third-order valence-electron chi connectivity index (χ3n) is 5.47. The Hall–Kier alpha value is -2.23. The number of piperazine rings is 1. The Morgan fingerprint density at radius 2 is 1.65 bits per heavy atom. The van der Waals surface area contributed by atoms with Crippen molar-refractivity contribution in [2.24, 2.45) is 4.99 Å². The molecule has 1 aliphatic rings. The van der Waals surface area contributed by atoms with Gasteiger partial charge in [-0.1, -0.05) is 0 Å². The number of benzene rings is 1. The average molecular weight is 438 g/mol. The van der Waals surface area contributed by atoms with Crippen molar-refractivity contribution in [3.8, 4) is 17.2 Å². The molecular formula is C22H39N5O4. The molecule has 0 aromatic heterocycles. The molecule has 2 rings (SSSR count). The van der Waals surface area contributed by atoms with E-state index < -0.39 is 0 Å². The lowest BCUT2D eigenvalue weighted by Crippen LogP contribution is -2.52. The summed E-state index contributed by atoms with van der Waals surface area (Å²) < 4.78 is 21.5. The molecule has 1 aromatic rings. The fourth-order valence-electron chi connectivity index (χ4n) is 3.65. The number of nitrogens with one attached hydrogen (secondary N) is 1. The second-order valence-corrected chi connectivity index (χ2v) is 7.57. The van der Waals surface area contributed by atoms with E-state index in [4.69, 9.17) is 18.9 Å². The van der Waals surface area contributed by atoms with Crippen molar-refractivity contribution in [2.75, 3.05) is 95.0 Å². The van der Waals surface area contributed by atoms with Crippen LogP contribution in [0, 0.1) is 0 Å². The second-order valence-electron chi connectivity index (χ2n) is 7.57. The van der Waals surface area contributed by atoms with Crippen molar-refractivity contribution in [3.05, 3.63) is 17.7 Å². The van der Waals surface area contributed by atoms with Crippen LogP contribution in [0.5, 0.6) is 17.2 Å². The van der Waals surface area contributed by atoms with Gasteiger partial charge < -0.3 is 34.1 Å². The van der Waals surface area contributed by atoms with Crippen molar-refractivity contribution in [1.29, 1.82) is 0 Å². The minimum Gasteiger partial charge on any atom is -0.493 e. The predicted molar refractivity (Wildman–Crippen MR) is 124 cm³/mol. The Bertz CT molecular complexity index is 667. The van der Waals surface area contributed by atoms with Gasteiger partial charge in [-0.2, -0.15) is 0 Å². The van der Waals surface area contributed by atoms with Crippen LogP contribution in [0.25, 0.3) is 0 Å². The molecule has 0 spiro atoms. The molecule has 0 radical (unpaired) electrons. The summed E-state index contributed by atoms with van der Waals surface area (Å²) in [6.45, 7) is 8.11. The van der Waals surface area contributed by atoms with Crippen LogP contribution in [-0.4, -0.2) is 116 Å². The van der Waals surface area contributed by atoms with Gasteiger partial charge in [0.2, 0.25) is 5.75 Å². The van der Waals surface area contributed by atoms with Crippen LogP contribution >= 0.6 is 0 Å². The first kappa shape index (κ1) is 25.0. The van der Waals surface area contributed by atoms with Crippen molar-refractivity contribution >= 4 is 5.96 Å². The number of nitrogens with zero attached hydrogens (tertiary/aromatic N) is 4. The number of methoxy groups -OCH3 is 4. The van der Waals surface area contributed by atoms with Crippen LogP contribution in [0.4, 0.5) is 0 Å². The van der Waals surface area contributed by atoms with Crippen molar-refractivity contribution in [2.45, 2.75) is 6.54 Å². The Balaban J connectivity index is 1.85. The molecule has 1 aliphatic heterocycles. The van der Waals surface area contributed by atoms with Crippen LogP contribution in [0.15, 0.2) is 17.1 Å². The van der Waals surface area contributed by atoms with E-state index >= 15 is 0 Å². The van der Waals surface area contributed by atoms with E-state index in [1.807, 2.05) is 19.2 Å². The lowest BCUT2D eigenvalue weighted by Gasteiger charge is -2.36. The molecule has 1 fully saturated rings. The smallest absolute Gasteiger partial charge is 0.203 e. The van der Waals surface area contributed by atoms with Crippen LogP contribution < -0.4 is 19.5 Å². The fourth-order valence-corrected chi connectivity index (χ4v) is 3.65. The molecule has 0 bridgehead atoms. The molecule has 0 amide bonds. The maximum atomic E-state index is 5.48. The van der Waals surface area contributed by atoms with Gasteiger partial charge in [-0.25, -0.2) is 0 Å². The van der Waals surface area contributed by atoms with Crippen LogP contribution in [0.1, 0.15) is 5.56 Å². The quantitative estimate of drug-likeness (QED) is 0.406. The Morgan fingerprint density at radius 1 is 1.00 bits per heavy atom. The van der Waals surface area contributed by atoms with Gasteiger partial charge in [0, 0.05) is 66.5 Å². The Kier molecular flexibility index (Phi) is 10.7. The maximum absolute atomic E-state index is 5.48. The minimum atomic E-state index is 0.626. The topological polar surface area (TPSA) is 71.0 Å². The van der Waals surface area contributed by atoms with Crippen LogP contribution in [0.3, 0.4) is 0 Å². The number of guanidine groups is 1. The van der Waals surface area contributed by atoms with Gasteiger partial charge in [-0.15, -0.1) is 0 Å². The summed E-state index contributed by atoms with van der Waals surface area (Å²) in [6.07, 6.45) is 0. The van der Waals surface area contributed by atoms with Gasteiger partial charge in [-0.3, -0.25) is 9.89 Å². The lowest BCUT2D eigenvalue weighted by atomic mass is 10.1. The molecule has 31 heavy (non-hydrogen) atoms. The number of hydrogen-bond donors (Lipinski definition) is 1. The van der Waals surface area contributed by atoms with E-state index in [2.05, 4.69) is 32.1 Å². The first-order valence-electron chi connectivity index (χ1n) is 10.7. The number of likely N-dealkylation sites (N-methyl/N-ethyl adjacent to an activating group) is 1. The Labute approximate surface area is 186 Å². The third kappa shape index (κ3) is 7.45. The largest absolute Gasteiger partial charge is 0.493 e. The molecule has 0 aliphatic carbocycles. The first-order valence-corrected chi connectivity index (χ1v) is 10.7. The van der Waals surface area contributed by atoms with E-state index in [1.165, 1.54) is 0 Å². The van der Waals surface area contributed by atoms with Crippen molar-refractivity contribution in [3.63, 3.8) is 0 Å². The summed E-state index contributed by atoms with van der Waals surface area (Å²) >= 11 is 0. The highest BCUT2D eigenvalue weighted by Crippen LogP contribution is 2.38. The van der Waals surface area contributed by atoms with Crippen LogP contribution in [-0.2, 0) is 11.3 Å². The highest BCUT2D eigenvalue weighted by Gasteiger charge is 2.21. The molecule has 0 atom stereocenters. The van der Waals surface area contributed by atoms with Crippen molar-refractivity contribution < 1.29 is 18.9 Å². The summed E-state index contributed by atoms with van der Waals surface area (Å²) in [7, 11) is 10.6. The van der Waals surface area contributed by atoms with E-state index in [0.717, 1.165) is 70.5 Å². The molecule has 9 nitrogen and oxygen atoms in total. The number of aliphatic imine (C=N–C) groups is 1. The molecule has 176 valence electrons. The minimum absolute atomic E-state index is 0.626. The number of rotatable bonds is 11. The van der Waals surface area contributed by atoms with E-state index in [-0.39, 0.29) is 0 Å². The van der Waals surface area contributed by atoms with Crippen LogP contribution in [0.2, 0.25) is 0 Å². The number of hydrogen-bond acceptors (Lipinski definition) is 7. The molecular weight excluding hydrogens is 398 g/mol. The van der Waals surface area contributed by atoms with Gasteiger partial charge in [0.15, 0.2) is 17.5 Å². The van der Waals surface area contributed by atoms with Crippen molar-refractivity contribution in [1.82, 2.24) is 20.0 Å². The molecule has 0 unspecified atom stereocenters. The normalized spacial score (nSPS) is 15.3. The van der Waals surface area contributed by atoms with Gasteiger partial charge >= 0.3 is 0 Å². The molecule has 1 N–H and O–H groups in total. The van der Waals surface area contributed by atoms with Gasteiger partial charge in [0.25, 0.3) is 0 Å². The fraction of sp³-hybridized carbons (Fsp3) is 0.682. The van der Waals surface area contributed by atoms with Gasteiger partial charge in [0.05, 0.1) is 27.9 Å². The van der Waals surface area contributed by atoms with E-state index in [9.17, 15) is 0 Å². The summed E-state index contributed by atoms with van der Waals surface area (Å²) in [4.78, 5) is 11.5. The van der Waals surface area contributed by atoms with Gasteiger partial charge in [-0.05, 0) is 24.7 Å². The average Bonchev–Trinajstić information content (AvgIpc) is 2.80. The maximum Gasteiger partial charge on any atom is 0.203 e. The zero-order valence-corrected chi connectivity index (χ0v) is 19.9. The summed E-state index contributed by atoms with van der Waals surface area (Å²) in [5.74, 6) is 2.97. The standard InChI is InChI=1S/C22H39N5O4/c1-23-22(24-7-8-25(2)13-14-28-3)27-11-9-26(10-12-27)17-18-15-19(29-4)21(31-6)20(16-18)30-5/h15-16H,7-14,17H2,1-6H3,(H,23,24). The van der Waals surface area contributed by atoms with E-state index in [0.29, 0.717) is 17.2 Å². The zero-order chi connectivity index (χ0) is 22.6. The monoisotopic (exact) mass is 437 g/mol. The summed E-state index contributed by atoms with van der Waals surface area (Å²) in [6, 6.07) is 4.04. The number of ether oxygens (including phenoxy) is 4. The second kappa shape index (κ2) is 13.2. The molecule has 1 saturated heterocycles.